The fraction of sp³-hybridized carbons (Fsp3) is 0.938. The van der Waals surface area contributed by atoms with Crippen LogP contribution in [0.15, 0.2) is 0 Å². The highest BCUT2D eigenvalue weighted by molar-refractivity contribution is 5.82. The van der Waals surface area contributed by atoms with Gasteiger partial charge in [0.1, 0.15) is 0 Å². The van der Waals surface area contributed by atoms with E-state index in [0.717, 1.165) is 18.4 Å². The molecule has 1 amide bonds. The summed E-state index contributed by atoms with van der Waals surface area (Å²) in [6, 6.07) is 0.614. The van der Waals surface area contributed by atoms with Crippen LogP contribution >= 0.6 is 0 Å². The van der Waals surface area contributed by atoms with Gasteiger partial charge in [0.05, 0.1) is 6.04 Å². The third-order valence-electron chi connectivity index (χ3n) is 5.89. The van der Waals surface area contributed by atoms with Gasteiger partial charge in [-0.05, 0) is 62.8 Å². The van der Waals surface area contributed by atoms with Gasteiger partial charge in [-0.2, -0.15) is 0 Å². The van der Waals surface area contributed by atoms with Crippen LogP contribution in [0.5, 0.6) is 0 Å². The number of likely N-dealkylation sites (N-methyl/N-ethyl adjacent to an activating group) is 1. The van der Waals surface area contributed by atoms with Gasteiger partial charge in [-0.25, -0.2) is 0 Å². The quantitative estimate of drug-likeness (QED) is 0.830. The third kappa shape index (κ3) is 2.54. The van der Waals surface area contributed by atoms with Crippen molar-refractivity contribution in [2.75, 3.05) is 13.6 Å². The average Bonchev–Trinajstić information content (AvgIpc) is 3.00. The van der Waals surface area contributed by atoms with Crippen molar-refractivity contribution in [1.82, 2.24) is 10.2 Å². The molecule has 3 atom stereocenters. The predicted octanol–water partition coefficient (Wildman–Crippen LogP) is 2.41. The molecule has 108 valence electrons. The van der Waals surface area contributed by atoms with Crippen molar-refractivity contribution in [1.29, 1.82) is 0 Å². The summed E-state index contributed by atoms with van der Waals surface area (Å²) in [4.78, 5) is 14.8. The molecule has 1 saturated heterocycles. The number of amides is 1. The van der Waals surface area contributed by atoms with Crippen LogP contribution in [0, 0.1) is 17.8 Å². The Kier molecular flexibility index (Phi) is 3.84. The molecular weight excluding hydrogens is 236 g/mol. The molecule has 1 N–H and O–H groups in total. The molecule has 2 aliphatic carbocycles. The molecule has 0 radical (unpaired) electrons. The Labute approximate surface area is 117 Å². The van der Waals surface area contributed by atoms with E-state index >= 15 is 0 Å². The monoisotopic (exact) mass is 264 g/mol. The average molecular weight is 264 g/mol. The summed E-state index contributed by atoms with van der Waals surface area (Å²) in [5, 5.41) is 3.50. The molecular formula is C16H28N2O. The second-order valence-corrected chi connectivity index (χ2v) is 7.10. The van der Waals surface area contributed by atoms with E-state index in [4.69, 9.17) is 0 Å². The van der Waals surface area contributed by atoms with E-state index in [1.807, 2.05) is 7.05 Å². The SMILES string of the molecule is CC1CCC(N(C)C(=O)C2NCC3CCCC32)CC1. The number of nitrogens with zero attached hydrogens (tertiary/aromatic N) is 1. The molecule has 1 aliphatic heterocycles. The van der Waals surface area contributed by atoms with Gasteiger partial charge < -0.3 is 10.2 Å². The van der Waals surface area contributed by atoms with Gasteiger partial charge in [0, 0.05) is 13.1 Å². The number of hydrogen-bond donors (Lipinski definition) is 1. The normalized spacial score (nSPS) is 42.1. The minimum atomic E-state index is 0.122. The van der Waals surface area contributed by atoms with Crippen LogP contribution in [-0.2, 0) is 4.79 Å². The van der Waals surface area contributed by atoms with Gasteiger partial charge in [0.15, 0.2) is 0 Å². The van der Waals surface area contributed by atoms with E-state index in [1.54, 1.807) is 0 Å². The molecule has 3 fully saturated rings. The number of hydrogen-bond acceptors (Lipinski definition) is 2. The number of fused-ring (bicyclic) bond motifs is 1. The lowest BCUT2D eigenvalue weighted by Gasteiger charge is -2.35. The van der Waals surface area contributed by atoms with Crippen LogP contribution in [-0.4, -0.2) is 36.5 Å². The highest BCUT2D eigenvalue weighted by atomic mass is 16.2. The maximum Gasteiger partial charge on any atom is 0.239 e. The molecule has 3 heteroatoms. The van der Waals surface area contributed by atoms with E-state index in [2.05, 4.69) is 17.1 Å². The van der Waals surface area contributed by atoms with E-state index in [-0.39, 0.29) is 6.04 Å². The Hall–Kier alpha value is -0.570. The fourth-order valence-corrected chi connectivity index (χ4v) is 4.49. The Balaban J connectivity index is 1.60. The summed E-state index contributed by atoms with van der Waals surface area (Å²) in [7, 11) is 2.03. The molecule has 3 unspecified atom stereocenters. The summed E-state index contributed by atoms with van der Waals surface area (Å²) >= 11 is 0. The van der Waals surface area contributed by atoms with Gasteiger partial charge in [-0.3, -0.25) is 4.79 Å². The Morgan fingerprint density at radius 3 is 2.58 bits per heavy atom. The largest absolute Gasteiger partial charge is 0.341 e. The number of rotatable bonds is 2. The van der Waals surface area contributed by atoms with Crippen LogP contribution in [0.3, 0.4) is 0 Å². The molecule has 3 rings (SSSR count). The van der Waals surface area contributed by atoms with E-state index in [1.165, 1.54) is 44.9 Å². The first-order valence-electron chi connectivity index (χ1n) is 8.17. The van der Waals surface area contributed by atoms with Crippen LogP contribution in [0.4, 0.5) is 0 Å². The summed E-state index contributed by atoms with van der Waals surface area (Å²) in [5.74, 6) is 2.61. The molecule has 1 heterocycles. The second-order valence-electron chi connectivity index (χ2n) is 7.10. The highest BCUT2D eigenvalue weighted by Gasteiger charge is 2.44. The maximum absolute atomic E-state index is 12.7. The van der Waals surface area contributed by atoms with Crippen LogP contribution < -0.4 is 5.32 Å². The third-order valence-corrected chi connectivity index (χ3v) is 5.89. The number of carbonyl (C=O) groups is 1. The predicted molar refractivity (Wildman–Crippen MR) is 76.8 cm³/mol. The first kappa shape index (κ1) is 13.4. The minimum Gasteiger partial charge on any atom is -0.341 e. The highest BCUT2D eigenvalue weighted by Crippen LogP contribution is 2.38. The Morgan fingerprint density at radius 1 is 1.11 bits per heavy atom. The first-order chi connectivity index (χ1) is 9.16. The Bertz CT molecular complexity index is 336. The van der Waals surface area contributed by atoms with Crippen molar-refractivity contribution >= 4 is 5.91 Å². The fourth-order valence-electron chi connectivity index (χ4n) is 4.49. The van der Waals surface area contributed by atoms with E-state index in [9.17, 15) is 4.79 Å². The van der Waals surface area contributed by atoms with Gasteiger partial charge in [-0.15, -0.1) is 0 Å². The first-order valence-corrected chi connectivity index (χ1v) is 8.17. The zero-order valence-electron chi connectivity index (χ0n) is 12.4. The maximum atomic E-state index is 12.7. The zero-order chi connectivity index (χ0) is 13.4. The van der Waals surface area contributed by atoms with Crippen molar-refractivity contribution in [3.8, 4) is 0 Å². The van der Waals surface area contributed by atoms with Crippen LogP contribution in [0.2, 0.25) is 0 Å². The standard InChI is InChI=1S/C16H28N2O/c1-11-6-8-13(9-7-11)18(2)16(19)15-14-5-3-4-12(14)10-17-15/h11-15,17H,3-10H2,1-2H3. The van der Waals surface area contributed by atoms with Gasteiger partial charge >= 0.3 is 0 Å². The van der Waals surface area contributed by atoms with Crippen molar-refractivity contribution in [2.24, 2.45) is 17.8 Å². The van der Waals surface area contributed by atoms with Gasteiger partial charge in [0.2, 0.25) is 5.91 Å². The van der Waals surface area contributed by atoms with Crippen molar-refractivity contribution in [2.45, 2.75) is 64.0 Å². The minimum absolute atomic E-state index is 0.122. The molecule has 2 saturated carbocycles. The summed E-state index contributed by atoms with van der Waals surface area (Å²) in [6.45, 7) is 3.40. The van der Waals surface area contributed by atoms with E-state index in [0.29, 0.717) is 17.9 Å². The lowest BCUT2D eigenvalue weighted by molar-refractivity contribution is -0.135. The molecule has 0 aromatic carbocycles. The zero-order valence-corrected chi connectivity index (χ0v) is 12.4. The molecule has 0 bridgehead atoms. The summed E-state index contributed by atoms with van der Waals surface area (Å²) < 4.78 is 0. The topological polar surface area (TPSA) is 32.3 Å². The molecule has 19 heavy (non-hydrogen) atoms. The smallest absolute Gasteiger partial charge is 0.239 e. The van der Waals surface area contributed by atoms with Crippen molar-refractivity contribution < 1.29 is 4.79 Å². The molecule has 0 aromatic rings. The lowest BCUT2D eigenvalue weighted by Crippen LogP contribution is -2.49. The summed E-state index contributed by atoms with van der Waals surface area (Å²) in [6.07, 6.45) is 8.87. The Morgan fingerprint density at radius 2 is 1.84 bits per heavy atom. The molecule has 0 spiro atoms. The summed E-state index contributed by atoms with van der Waals surface area (Å²) in [5.41, 5.74) is 0. The van der Waals surface area contributed by atoms with E-state index < -0.39 is 0 Å². The van der Waals surface area contributed by atoms with Gasteiger partial charge in [-0.1, -0.05) is 13.3 Å². The van der Waals surface area contributed by atoms with Crippen LogP contribution in [0.25, 0.3) is 0 Å². The lowest BCUT2D eigenvalue weighted by atomic mass is 9.86. The van der Waals surface area contributed by atoms with Crippen molar-refractivity contribution in [3.63, 3.8) is 0 Å². The van der Waals surface area contributed by atoms with Crippen LogP contribution in [0.1, 0.15) is 51.9 Å². The molecule has 3 aliphatic rings. The van der Waals surface area contributed by atoms with Gasteiger partial charge in [0.25, 0.3) is 0 Å². The number of carbonyl (C=O) groups excluding carboxylic acids is 1. The number of nitrogens with one attached hydrogen (secondary N) is 1. The second kappa shape index (κ2) is 5.43. The molecule has 3 nitrogen and oxygen atoms in total. The molecule has 0 aromatic heterocycles. The van der Waals surface area contributed by atoms with Crippen molar-refractivity contribution in [3.05, 3.63) is 0 Å².